The smallest absolute Gasteiger partial charge is 0.306 e. The number of ether oxygens (including phenoxy) is 2. The molecule has 0 saturated heterocycles. The lowest BCUT2D eigenvalue weighted by Crippen LogP contribution is -2.31. The Bertz CT molecular complexity index is 1680. The van der Waals surface area contributed by atoms with Gasteiger partial charge in [-0.2, -0.15) is 0 Å². The summed E-state index contributed by atoms with van der Waals surface area (Å²) in [5, 5.41) is 23.9. The van der Waals surface area contributed by atoms with E-state index in [0.29, 0.717) is 32.9 Å². The number of fused-ring (bicyclic) bond motifs is 2. The minimum absolute atomic E-state index is 0.411. The van der Waals surface area contributed by atoms with E-state index >= 15 is 0 Å². The van der Waals surface area contributed by atoms with Crippen LogP contribution in [-0.2, 0) is 28.7 Å². The number of carbonyl (C=O) groups is 4. The molecule has 2 aromatic heterocycles. The Morgan fingerprint density at radius 1 is 0.667 bits per heavy atom. The number of benzene rings is 2. The van der Waals surface area contributed by atoms with Gasteiger partial charge in [0.05, 0.1) is 49.2 Å². The zero-order chi connectivity index (χ0) is 30.0. The lowest BCUT2D eigenvalue weighted by atomic mass is 9.75. The second-order valence-electron chi connectivity index (χ2n) is 9.68. The SMILES string of the molecule is COC(=O)C[C@H](C1=C(O)C(=O)C([C@@H](CC(=O)OC)c2ccnc3ccccc23)=C(O)C1=O)c1ccnc2ccccc12. The molecule has 0 aliphatic heterocycles. The number of hydrogen-bond donors (Lipinski definition) is 2. The van der Waals surface area contributed by atoms with Crippen LogP contribution in [0.25, 0.3) is 21.8 Å². The molecule has 0 fully saturated rings. The molecule has 0 unspecified atom stereocenters. The van der Waals surface area contributed by atoms with Gasteiger partial charge in [-0.05, 0) is 35.4 Å². The lowest BCUT2D eigenvalue weighted by molar-refractivity contribution is -0.142. The molecule has 212 valence electrons. The third-order valence-electron chi connectivity index (χ3n) is 7.44. The van der Waals surface area contributed by atoms with E-state index in [2.05, 4.69) is 9.97 Å². The standard InChI is InChI=1S/C32H26N2O8/c1-41-25(35)15-21(17-11-13-33-23-9-5-3-7-19(17)23)27-29(37)31(39)28(32(40)30(27)38)22(16-26(36)42-2)18-12-14-34-24-10-6-4-8-20(18)24/h3-14,21-22,37,40H,15-16H2,1-2H3/t21-,22-/m0/s1. The van der Waals surface area contributed by atoms with E-state index in [1.165, 1.54) is 26.6 Å². The number of hydrogen-bond acceptors (Lipinski definition) is 10. The molecule has 5 rings (SSSR count). The predicted molar refractivity (Wildman–Crippen MR) is 152 cm³/mol. The number of pyridine rings is 2. The summed E-state index contributed by atoms with van der Waals surface area (Å²) >= 11 is 0. The molecule has 0 amide bonds. The number of Topliss-reactive ketones (excluding diaryl/α,β-unsaturated/α-hetero) is 2. The first kappa shape index (κ1) is 28.2. The summed E-state index contributed by atoms with van der Waals surface area (Å²) in [6, 6.07) is 17.1. The Labute approximate surface area is 239 Å². The summed E-state index contributed by atoms with van der Waals surface area (Å²) in [6.07, 6.45) is 2.14. The molecule has 10 heteroatoms. The highest BCUT2D eigenvalue weighted by Gasteiger charge is 2.43. The van der Waals surface area contributed by atoms with E-state index < -0.39 is 70.8 Å². The molecular weight excluding hydrogens is 540 g/mol. The van der Waals surface area contributed by atoms with E-state index in [9.17, 15) is 29.4 Å². The number of rotatable bonds is 8. The molecular formula is C32H26N2O8. The number of ketones is 2. The topological polar surface area (TPSA) is 153 Å². The van der Waals surface area contributed by atoms with Gasteiger partial charge in [0.2, 0.25) is 11.6 Å². The number of allylic oxidation sites excluding steroid dienone is 2. The average Bonchev–Trinajstić information content (AvgIpc) is 3.02. The van der Waals surface area contributed by atoms with Gasteiger partial charge in [-0.1, -0.05) is 36.4 Å². The maximum atomic E-state index is 13.9. The number of carbonyl (C=O) groups excluding carboxylic acids is 4. The number of nitrogens with zero attached hydrogens (tertiary/aromatic N) is 2. The molecule has 2 atom stereocenters. The van der Waals surface area contributed by atoms with E-state index in [0.717, 1.165) is 0 Å². The Balaban J connectivity index is 1.69. The van der Waals surface area contributed by atoms with E-state index in [4.69, 9.17) is 9.47 Å². The van der Waals surface area contributed by atoms with Crippen LogP contribution in [0.1, 0.15) is 35.8 Å². The highest BCUT2D eigenvalue weighted by atomic mass is 16.5. The average molecular weight is 567 g/mol. The van der Waals surface area contributed by atoms with Gasteiger partial charge in [-0.3, -0.25) is 29.1 Å². The highest BCUT2D eigenvalue weighted by Crippen LogP contribution is 2.43. The van der Waals surface area contributed by atoms with Crippen molar-refractivity contribution in [2.45, 2.75) is 24.7 Å². The second kappa shape index (κ2) is 11.6. The van der Waals surface area contributed by atoms with Crippen LogP contribution in [0.2, 0.25) is 0 Å². The largest absolute Gasteiger partial charge is 0.504 e. The number of aromatic nitrogens is 2. The molecule has 0 saturated carbocycles. The van der Waals surface area contributed by atoms with Crippen molar-refractivity contribution >= 4 is 45.3 Å². The van der Waals surface area contributed by atoms with Gasteiger partial charge < -0.3 is 19.7 Å². The minimum atomic E-state index is -1.16. The lowest BCUT2D eigenvalue weighted by Gasteiger charge is -2.28. The second-order valence-corrected chi connectivity index (χ2v) is 9.68. The molecule has 2 N–H and O–H groups in total. The van der Waals surface area contributed by atoms with E-state index in [-0.39, 0.29) is 0 Å². The number of aliphatic hydroxyl groups is 2. The van der Waals surface area contributed by atoms with Crippen molar-refractivity contribution in [3.8, 4) is 0 Å². The van der Waals surface area contributed by atoms with Gasteiger partial charge in [-0.15, -0.1) is 0 Å². The van der Waals surface area contributed by atoms with E-state index in [1.807, 2.05) is 0 Å². The number of para-hydroxylation sites is 2. The van der Waals surface area contributed by atoms with Crippen LogP contribution in [0, 0.1) is 0 Å². The Hall–Kier alpha value is -5.38. The van der Waals surface area contributed by atoms with Gasteiger partial charge in [-0.25, -0.2) is 0 Å². The van der Waals surface area contributed by atoms with Crippen molar-refractivity contribution in [3.63, 3.8) is 0 Å². The van der Waals surface area contributed by atoms with Crippen molar-refractivity contribution in [2.75, 3.05) is 14.2 Å². The van der Waals surface area contributed by atoms with Gasteiger partial charge >= 0.3 is 11.9 Å². The summed E-state index contributed by atoms with van der Waals surface area (Å²) in [6.45, 7) is 0. The third-order valence-corrected chi connectivity index (χ3v) is 7.44. The van der Waals surface area contributed by atoms with Crippen molar-refractivity contribution in [1.82, 2.24) is 9.97 Å². The summed E-state index contributed by atoms with van der Waals surface area (Å²) < 4.78 is 9.71. The number of aliphatic hydroxyl groups excluding tert-OH is 2. The summed E-state index contributed by atoms with van der Waals surface area (Å²) in [5.74, 6) is -7.70. The molecule has 0 spiro atoms. The first-order chi connectivity index (χ1) is 20.3. The van der Waals surface area contributed by atoms with Crippen LogP contribution in [0.15, 0.2) is 95.7 Å². The molecule has 1 aliphatic rings. The van der Waals surface area contributed by atoms with Crippen molar-refractivity contribution < 1.29 is 38.9 Å². The van der Waals surface area contributed by atoms with Crippen LogP contribution in [-0.4, -0.2) is 57.9 Å². The van der Waals surface area contributed by atoms with Crippen LogP contribution in [0.4, 0.5) is 0 Å². The van der Waals surface area contributed by atoms with E-state index in [1.54, 1.807) is 60.7 Å². The number of esters is 2. The Kier molecular flexibility index (Phi) is 7.79. The molecule has 10 nitrogen and oxygen atoms in total. The van der Waals surface area contributed by atoms with Crippen molar-refractivity contribution in [1.29, 1.82) is 0 Å². The molecule has 2 heterocycles. The molecule has 1 aliphatic carbocycles. The fraction of sp³-hybridized carbons (Fsp3) is 0.188. The maximum absolute atomic E-state index is 13.9. The van der Waals surface area contributed by atoms with Crippen LogP contribution < -0.4 is 0 Å². The van der Waals surface area contributed by atoms with Gasteiger partial charge in [0.25, 0.3) is 0 Å². The number of methoxy groups -OCH3 is 2. The highest BCUT2D eigenvalue weighted by molar-refractivity contribution is 6.25. The van der Waals surface area contributed by atoms with Crippen LogP contribution in [0.3, 0.4) is 0 Å². The van der Waals surface area contributed by atoms with Gasteiger partial charge in [0.1, 0.15) is 0 Å². The van der Waals surface area contributed by atoms with Crippen molar-refractivity contribution in [3.05, 3.63) is 107 Å². The normalized spacial score (nSPS) is 15.2. The van der Waals surface area contributed by atoms with Crippen LogP contribution in [0.5, 0.6) is 0 Å². The van der Waals surface area contributed by atoms with Crippen LogP contribution >= 0.6 is 0 Å². The zero-order valence-electron chi connectivity index (χ0n) is 22.7. The predicted octanol–water partition coefficient (Wildman–Crippen LogP) is 4.55. The third kappa shape index (κ3) is 4.98. The quantitative estimate of drug-likeness (QED) is 0.229. The Morgan fingerprint density at radius 3 is 1.43 bits per heavy atom. The molecule has 0 radical (unpaired) electrons. The summed E-state index contributed by atoms with van der Waals surface area (Å²) in [4.78, 5) is 61.4. The minimum Gasteiger partial charge on any atom is -0.504 e. The molecule has 2 aromatic carbocycles. The summed E-state index contributed by atoms with van der Waals surface area (Å²) in [5.41, 5.74) is 1.05. The van der Waals surface area contributed by atoms with Crippen molar-refractivity contribution in [2.24, 2.45) is 0 Å². The first-order valence-electron chi connectivity index (χ1n) is 13.0. The monoisotopic (exact) mass is 566 g/mol. The first-order valence-corrected chi connectivity index (χ1v) is 13.0. The summed E-state index contributed by atoms with van der Waals surface area (Å²) in [7, 11) is 2.36. The van der Waals surface area contributed by atoms with Gasteiger partial charge in [0, 0.05) is 35.0 Å². The zero-order valence-corrected chi connectivity index (χ0v) is 22.7. The molecule has 4 aromatic rings. The maximum Gasteiger partial charge on any atom is 0.306 e. The molecule has 42 heavy (non-hydrogen) atoms. The molecule has 0 bridgehead atoms. The van der Waals surface area contributed by atoms with Gasteiger partial charge in [0.15, 0.2) is 11.5 Å². The Morgan fingerprint density at radius 2 is 1.05 bits per heavy atom. The fourth-order valence-corrected chi connectivity index (χ4v) is 5.44. The fourth-order valence-electron chi connectivity index (χ4n) is 5.44.